The van der Waals surface area contributed by atoms with E-state index >= 15 is 17.6 Å². The maximum Gasteiger partial charge on any atom is 0.418 e. The first kappa shape index (κ1) is 48.1. The van der Waals surface area contributed by atoms with Crippen LogP contribution in [0, 0.1) is 24.1 Å². The molecule has 5 aromatic rings. The third-order valence-electron chi connectivity index (χ3n) is 15.5. The summed E-state index contributed by atoms with van der Waals surface area (Å²) in [6, 6.07) is 16.8. The molecule has 0 spiro atoms. The van der Waals surface area contributed by atoms with Gasteiger partial charge in [0.1, 0.15) is 28.7 Å². The third-order valence-corrected chi connectivity index (χ3v) is 15.8. The van der Waals surface area contributed by atoms with Crippen LogP contribution in [-0.4, -0.2) is 102 Å². The maximum absolute atomic E-state index is 18.0. The van der Waals surface area contributed by atoms with Gasteiger partial charge in [-0.25, -0.2) is 18.2 Å². The number of carbonyl (C=O) groups excluding carboxylic acids is 1. The molecular weight excluding hydrogens is 936 g/mol. The first-order valence-corrected chi connectivity index (χ1v) is 24.4. The largest absolute Gasteiger partial charge is 0.497 e. The zero-order chi connectivity index (χ0) is 49.3. The molecule has 0 N–H and O–H groups in total. The van der Waals surface area contributed by atoms with Crippen LogP contribution in [0.2, 0.25) is 5.02 Å². The standard InChI is InChI=1S/C52H56ClF6N7O4/c1-30-21-41(64(25-31-8-14-36(68-3)15-9-31)26-32-10-16-37(69-4)17-11-32)60-46(43(30)52(57,58)59)42-39(53)22-38-45(44(42)54)61-49(70-29-50-18-5-7-40(50)63(2)20-6-19-50)62-47(38)65-27-34-12-13-35(28-65)66(34)48(67)33-23-51(55,56)24-33/h8-11,14-17,21-22,33-35,40H,5-7,12-13,18-20,23-29H2,1-4H3/t34?,35?,40-,50-/m1/s1. The van der Waals surface area contributed by atoms with Crippen molar-refractivity contribution in [3.8, 4) is 28.8 Å². The highest BCUT2D eigenvalue weighted by Gasteiger charge is 2.54. The van der Waals surface area contributed by atoms with Crippen LogP contribution in [0.3, 0.4) is 0 Å². The minimum Gasteiger partial charge on any atom is -0.497 e. The van der Waals surface area contributed by atoms with Crippen molar-refractivity contribution in [3.63, 3.8) is 0 Å². The third kappa shape index (κ3) is 9.05. The van der Waals surface area contributed by atoms with Crippen LogP contribution in [0.15, 0.2) is 60.7 Å². The van der Waals surface area contributed by atoms with Crippen molar-refractivity contribution in [2.45, 2.75) is 108 Å². The molecule has 1 amide bonds. The van der Waals surface area contributed by atoms with Crippen LogP contribution in [0.25, 0.3) is 22.2 Å². The molecule has 2 unspecified atom stereocenters. The number of pyridine rings is 1. The average molecular weight is 993 g/mol. The second-order valence-corrected chi connectivity index (χ2v) is 20.4. The minimum atomic E-state index is -4.98. The van der Waals surface area contributed by atoms with E-state index in [4.69, 9.17) is 30.8 Å². The molecule has 3 aliphatic heterocycles. The van der Waals surface area contributed by atoms with Crippen molar-refractivity contribution in [2.24, 2.45) is 11.3 Å². The summed E-state index contributed by atoms with van der Waals surface area (Å²) in [7, 11) is 5.22. The lowest BCUT2D eigenvalue weighted by Crippen LogP contribution is -2.59. The number of alkyl halides is 5. The van der Waals surface area contributed by atoms with Gasteiger partial charge in [0.05, 0.1) is 42.7 Å². The molecule has 5 aliphatic rings. The molecule has 372 valence electrons. The van der Waals surface area contributed by atoms with E-state index in [1.807, 2.05) is 34.1 Å². The molecule has 2 saturated carbocycles. The molecule has 3 saturated heterocycles. The first-order chi connectivity index (χ1) is 33.4. The van der Waals surface area contributed by atoms with Gasteiger partial charge in [-0.3, -0.25) is 4.79 Å². The van der Waals surface area contributed by atoms with Crippen LogP contribution in [0.1, 0.15) is 80.0 Å². The number of likely N-dealkylation sites (tertiary alicyclic amines) is 1. The Hall–Kier alpha value is -5.55. The van der Waals surface area contributed by atoms with Crippen molar-refractivity contribution in [3.05, 3.63) is 93.8 Å². The van der Waals surface area contributed by atoms with Gasteiger partial charge in [0.25, 0.3) is 0 Å². The summed E-state index contributed by atoms with van der Waals surface area (Å²) in [5.74, 6) is -3.35. The summed E-state index contributed by atoms with van der Waals surface area (Å²) >= 11 is 7.06. The molecule has 18 heteroatoms. The lowest BCUT2D eigenvalue weighted by Gasteiger charge is -2.45. The van der Waals surface area contributed by atoms with Crippen molar-refractivity contribution in [1.29, 1.82) is 0 Å². The Morgan fingerprint density at radius 3 is 2.07 bits per heavy atom. The number of carbonyl (C=O) groups is 1. The topological polar surface area (TPSA) is 96.4 Å². The highest BCUT2D eigenvalue weighted by molar-refractivity contribution is 6.34. The van der Waals surface area contributed by atoms with E-state index in [1.54, 1.807) is 43.4 Å². The number of anilines is 2. The van der Waals surface area contributed by atoms with Gasteiger partial charge in [0, 0.05) is 73.9 Å². The fraction of sp³-hybridized carbons (Fsp3) is 0.500. The SMILES string of the molecule is COc1ccc(CN(Cc2ccc(OC)cc2)c2cc(C)c(C(F)(F)F)c(-c3c(Cl)cc4c(N5CC6CCC(C5)N6C(=O)C5CC(F)(F)C5)nc(OC[C@]56CCC[C@H]5N(C)CCC6)nc4c3F)n2)cc1. The summed E-state index contributed by atoms with van der Waals surface area (Å²) in [6.07, 6.45) is 0.206. The van der Waals surface area contributed by atoms with Gasteiger partial charge >= 0.3 is 12.2 Å². The average Bonchev–Trinajstić information content (AvgIpc) is 3.87. The zero-order valence-electron chi connectivity index (χ0n) is 39.6. The predicted molar refractivity (Wildman–Crippen MR) is 254 cm³/mol. The highest BCUT2D eigenvalue weighted by atomic mass is 35.5. The Balaban J connectivity index is 1.08. The molecule has 5 heterocycles. The second kappa shape index (κ2) is 18.6. The van der Waals surface area contributed by atoms with Crippen LogP contribution in [-0.2, 0) is 24.1 Å². The van der Waals surface area contributed by atoms with E-state index in [0.29, 0.717) is 24.3 Å². The second-order valence-electron chi connectivity index (χ2n) is 20.0. The van der Waals surface area contributed by atoms with E-state index < -0.39 is 53.5 Å². The number of benzene rings is 3. The lowest BCUT2D eigenvalue weighted by molar-refractivity contribution is -0.162. The first-order valence-electron chi connectivity index (χ1n) is 24.0. The smallest absolute Gasteiger partial charge is 0.418 e. The Kier molecular flexibility index (Phi) is 12.8. The van der Waals surface area contributed by atoms with Crippen LogP contribution in [0.5, 0.6) is 17.5 Å². The molecular formula is C52H56ClF6N7O4. The quantitative estimate of drug-likeness (QED) is 0.106. The molecule has 4 atom stereocenters. The fourth-order valence-corrected chi connectivity index (χ4v) is 12.3. The van der Waals surface area contributed by atoms with Crippen molar-refractivity contribution in [2.75, 3.05) is 57.3 Å². The van der Waals surface area contributed by atoms with Gasteiger partial charge in [0.2, 0.25) is 11.8 Å². The number of amides is 1. The molecule has 2 aromatic heterocycles. The van der Waals surface area contributed by atoms with Crippen LogP contribution in [0.4, 0.5) is 38.0 Å². The van der Waals surface area contributed by atoms with Gasteiger partial charge in [-0.05, 0) is 112 Å². The number of fused-ring (bicyclic) bond motifs is 4. The number of aromatic nitrogens is 3. The van der Waals surface area contributed by atoms with E-state index in [-0.39, 0.29) is 101 Å². The molecule has 10 rings (SSSR count). The highest BCUT2D eigenvalue weighted by Crippen LogP contribution is 2.50. The van der Waals surface area contributed by atoms with Gasteiger partial charge in [-0.1, -0.05) is 42.3 Å². The summed E-state index contributed by atoms with van der Waals surface area (Å²) in [4.78, 5) is 35.7. The summed E-state index contributed by atoms with van der Waals surface area (Å²) < 4.78 is 109. The number of piperidine rings is 1. The van der Waals surface area contributed by atoms with E-state index in [0.717, 1.165) is 49.8 Å². The number of halogens is 7. The Morgan fingerprint density at radius 1 is 0.871 bits per heavy atom. The number of aryl methyl sites for hydroxylation is 1. The molecule has 0 radical (unpaired) electrons. The number of ether oxygens (including phenoxy) is 3. The number of hydrogen-bond acceptors (Lipinski definition) is 10. The summed E-state index contributed by atoms with van der Waals surface area (Å²) in [6.45, 7) is 3.49. The van der Waals surface area contributed by atoms with Crippen molar-refractivity contribution in [1.82, 2.24) is 24.8 Å². The van der Waals surface area contributed by atoms with E-state index in [2.05, 4.69) is 21.9 Å². The number of piperazine rings is 1. The number of methoxy groups -OCH3 is 2. The normalized spacial score (nSPS) is 23.3. The summed E-state index contributed by atoms with van der Waals surface area (Å²) in [5, 5.41) is -0.191. The van der Waals surface area contributed by atoms with Gasteiger partial charge in [-0.2, -0.15) is 23.1 Å². The Bertz CT molecular complexity index is 2710. The van der Waals surface area contributed by atoms with Crippen molar-refractivity contribution < 1.29 is 45.3 Å². The molecule has 2 aliphatic carbocycles. The lowest BCUT2D eigenvalue weighted by atomic mass is 9.76. The maximum atomic E-state index is 18.0. The number of rotatable bonds is 13. The van der Waals surface area contributed by atoms with Gasteiger partial charge in [0.15, 0.2) is 5.82 Å². The summed E-state index contributed by atoms with van der Waals surface area (Å²) in [5.41, 5.74) is -1.48. The molecule has 3 aromatic carbocycles. The predicted octanol–water partition coefficient (Wildman–Crippen LogP) is 10.9. The Morgan fingerprint density at radius 2 is 1.49 bits per heavy atom. The van der Waals surface area contributed by atoms with Gasteiger partial charge < -0.3 is 33.8 Å². The fourth-order valence-electron chi connectivity index (χ4n) is 12.0. The van der Waals surface area contributed by atoms with E-state index in [9.17, 15) is 13.6 Å². The van der Waals surface area contributed by atoms with Crippen LogP contribution >= 0.6 is 11.6 Å². The van der Waals surface area contributed by atoms with E-state index in [1.165, 1.54) is 19.1 Å². The van der Waals surface area contributed by atoms with Crippen LogP contribution < -0.4 is 24.0 Å². The minimum absolute atomic E-state index is 0.135. The number of hydrogen-bond donors (Lipinski definition) is 0. The molecule has 2 bridgehead atoms. The Labute approximate surface area is 408 Å². The van der Waals surface area contributed by atoms with Crippen molar-refractivity contribution >= 4 is 40.0 Å². The monoisotopic (exact) mass is 991 g/mol. The van der Waals surface area contributed by atoms with Gasteiger partial charge in [-0.15, -0.1) is 0 Å². The molecule has 11 nitrogen and oxygen atoms in total. The number of nitrogens with zero attached hydrogens (tertiary/aromatic N) is 7. The zero-order valence-corrected chi connectivity index (χ0v) is 40.4. The molecule has 5 fully saturated rings. The molecule has 70 heavy (non-hydrogen) atoms.